The molecule has 5 nitrogen and oxygen atoms in total. The maximum absolute atomic E-state index is 11.3. The Morgan fingerprint density at radius 2 is 1.77 bits per heavy atom. The van der Waals surface area contributed by atoms with Gasteiger partial charge in [0.05, 0.1) is 39.1 Å². The molecule has 120 valence electrons. The topological polar surface area (TPSA) is 55.8 Å². The number of carbonyl (C=O) groups is 1. The van der Waals surface area contributed by atoms with Crippen LogP contribution in [-0.2, 0) is 20.8 Å². The number of halogens is 1. The third kappa shape index (κ3) is 3.51. The van der Waals surface area contributed by atoms with E-state index in [0.717, 1.165) is 42.5 Å². The van der Waals surface area contributed by atoms with Gasteiger partial charge in [-0.05, 0) is 12.1 Å². The quantitative estimate of drug-likeness (QED) is 0.826. The van der Waals surface area contributed by atoms with Crippen LogP contribution >= 0.6 is 15.9 Å². The van der Waals surface area contributed by atoms with Crippen LogP contribution in [-0.4, -0.2) is 54.2 Å². The van der Waals surface area contributed by atoms with Gasteiger partial charge in [-0.3, -0.25) is 0 Å². The number of benzene rings is 1. The number of likely N-dealkylation sites (tertiary alicyclic amines) is 1. The van der Waals surface area contributed by atoms with Crippen molar-refractivity contribution in [1.82, 2.24) is 0 Å². The van der Waals surface area contributed by atoms with Crippen molar-refractivity contribution in [2.24, 2.45) is 0 Å². The zero-order chi connectivity index (χ0) is 15.6. The molecule has 0 saturated carbocycles. The monoisotopic (exact) mass is 370 g/mol. The van der Waals surface area contributed by atoms with E-state index in [9.17, 15) is 9.90 Å². The van der Waals surface area contributed by atoms with E-state index in [-0.39, 0.29) is 6.54 Å². The van der Waals surface area contributed by atoms with Gasteiger partial charge in [-0.1, -0.05) is 28.1 Å². The van der Waals surface area contributed by atoms with Gasteiger partial charge in [-0.25, -0.2) is 4.79 Å². The zero-order valence-corrected chi connectivity index (χ0v) is 14.0. The number of hydrogen-bond donors (Lipinski definition) is 1. The van der Waals surface area contributed by atoms with Crippen LogP contribution in [0.15, 0.2) is 28.7 Å². The predicted octanol–water partition coefficient (Wildman–Crippen LogP) is 2.39. The third-order valence-electron chi connectivity index (χ3n) is 4.65. The van der Waals surface area contributed by atoms with Crippen molar-refractivity contribution in [2.75, 3.05) is 32.8 Å². The number of piperidine rings is 1. The van der Waals surface area contributed by atoms with E-state index in [2.05, 4.69) is 28.1 Å². The molecule has 2 fully saturated rings. The van der Waals surface area contributed by atoms with Crippen molar-refractivity contribution in [3.63, 3.8) is 0 Å². The molecule has 0 amide bonds. The first-order valence-corrected chi connectivity index (χ1v) is 8.40. The molecule has 0 aromatic heterocycles. The van der Waals surface area contributed by atoms with Gasteiger partial charge >= 0.3 is 5.97 Å². The molecular formula is C16H21BrNO4+. The van der Waals surface area contributed by atoms with Gasteiger partial charge in [0, 0.05) is 10.0 Å². The molecular weight excluding hydrogens is 350 g/mol. The fourth-order valence-electron chi connectivity index (χ4n) is 3.47. The molecule has 0 radical (unpaired) electrons. The lowest BCUT2D eigenvalue weighted by atomic mass is 9.99. The second kappa shape index (κ2) is 6.28. The number of quaternary nitrogens is 1. The van der Waals surface area contributed by atoms with Crippen molar-refractivity contribution in [3.8, 4) is 0 Å². The summed E-state index contributed by atoms with van der Waals surface area (Å²) < 4.78 is 13.1. The Balaban J connectivity index is 1.74. The highest BCUT2D eigenvalue weighted by molar-refractivity contribution is 9.10. The Morgan fingerprint density at radius 1 is 1.18 bits per heavy atom. The van der Waals surface area contributed by atoms with Crippen molar-refractivity contribution < 1.29 is 23.9 Å². The van der Waals surface area contributed by atoms with Crippen LogP contribution in [0.3, 0.4) is 0 Å². The highest BCUT2D eigenvalue weighted by atomic mass is 79.9. The average molecular weight is 371 g/mol. The molecule has 2 heterocycles. The second-order valence-corrected chi connectivity index (χ2v) is 7.15. The smallest absolute Gasteiger partial charge is 0.359 e. The van der Waals surface area contributed by atoms with E-state index in [1.165, 1.54) is 0 Å². The molecule has 1 N–H and O–H groups in total. The number of hydrogen-bond acceptors (Lipinski definition) is 3. The lowest BCUT2D eigenvalue weighted by molar-refractivity contribution is -0.941. The summed E-state index contributed by atoms with van der Waals surface area (Å²) in [5.41, 5.74) is 1.16. The van der Waals surface area contributed by atoms with Gasteiger partial charge < -0.3 is 19.1 Å². The van der Waals surface area contributed by atoms with Gasteiger partial charge in [0.2, 0.25) is 0 Å². The average Bonchev–Trinajstić information content (AvgIpc) is 2.93. The van der Waals surface area contributed by atoms with E-state index in [1.807, 2.05) is 12.1 Å². The summed E-state index contributed by atoms with van der Waals surface area (Å²) in [7, 11) is 0. The Hall–Kier alpha value is -0.950. The molecule has 6 heteroatoms. The van der Waals surface area contributed by atoms with E-state index in [1.54, 1.807) is 0 Å². The van der Waals surface area contributed by atoms with Gasteiger partial charge in [0.15, 0.2) is 12.3 Å². The fraction of sp³-hybridized carbons (Fsp3) is 0.562. The van der Waals surface area contributed by atoms with Crippen LogP contribution in [0.1, 0.15) is 18.4 Å². The Kier molecular flexibility index (Phi) is 4.54. The molecule has 0 atom stereocenters. The van der Waals surface area contributed by atoms with E-state index >= 15 is 0 Å². The standard InChI is InChI=1S/C16H20BrNO4/c17-14-3-1-13(2-4-14)11-18(12-15(19)20)7-5-16(6-8-18)21-9-10-22-16/h1-4H,5-12H2/p+1. The Bertz CT molecular complexity index is 530. The van der Waals surface area contributed by atoms with E-state index in [4.69, 9.17) is 9.47 Å². The van der Waals surface area contributed by atoms with Gasteiger partial charge in [0.25, 0.3) is 0 Å². The van der Waals surface area contributed by atoms with Crippen LogP contribution in [0.2, 0.25) is 0 Å². The summed E-state index contributed by atoms with van der Waals surface area (Å²) in [6.07, 6.45) is 1.52. The number of nitrogens with zero attached hydrogens (tertiary/aromatic N) is 1. The van der Waals surface area contributed by atoms with Crippen LogP contribution in [0.4, 0.5) is 0 Å². The first kappa shape index (κ1) is 15.9. The minimum atomic E-state index is -0.749. The number of ether oxygens (including phenoxy) is 2. The van der Waals surface area contributed by atoms with Crippen molar-refractivity contribution in [1.29, 1.82) is 0 Å². The van der Waals surface area contributed by atoms with Gasteiger partial charge in [-0.15, -0.1) is 0 Å². The highest BCUT2D eigenvalue weighted by Crippen LogP contribution is 2.35. The number of aliphatic carboxylic acids is 1. The molecule has 2 aliphatic rings. The van der Waals surface area contributed by atoms with Gasteiger partial charge in [0.1, 0.15) is 6.54 Å². The molecule has 1 spiro atoms. The lowest BCUT2D eigenvalue weighted by Crippen LogP contribution is -2.59. The van der Waals surface area contributed by atoms with Crippen LogP contribution in [0.5, 0.6) is 0 Å². The molecule has 3 rings (SSSR count). The normalized spacial score (nSPS) is 22.8. The lowest BCUT2D eigenvalue weighted by Gasteiger charge is -2.45. The third-order valence-corrected chi connectivity index (χ3v) is 5.18. The van der Waals surface area contributed by atoms with Crippen LogP contribution in [0.25, 0.3) is 0 Å². The first-order valence-electron chi connectivity index (χ1n) is 7.60. The first-order chi connectivity index (χ1) is 10.5. The number of carboxylic acid groups (broad SMARTS) is 1. The molecule has 2 saturated heterocycles. The highest BCUT2D eigenvalue weighted by Gasteiger charge is 2.47. The SMILES string of the molecule is O=C(O)C[N+]1(Cc2ccc(Br)cc2)CCC2(CC1)OCCO2. The maximum Gasteiger partial charge on any atom is 0.359 e. The van der Waals surface area contributed by atoms with E-state index in [0.29, 0.717) is 17.7 Å². The Morgan fingerprint density at radius 3 is 2.32 bits per heavy atom. The summed E-state index contributed by atoms with van der Waals surface area (Å²) >= 11 is 3.43. The summed E-state index contributed by atoms with van der Waals surface area (Å²) in [5, 5.41) is 9.32. The summed E-state index contributed by atoms with van der Waals surface area (Å²) in [5.74, 6) is -1.21. The second-order valence-electron chi connectivity index (χ2n) is 6.23. The van der Waals surface area contributed by atoms with Crippen LogP contribution < -0.4 is 0 Å². The van der Waals surface area contributed by atoms with E-state index < -0.39 is 11.8 Å². The predicted molar refractivity (Wildman–Crippen MR) is 84.2 cm³/mol. The molecule has 1 aromatic carbocycles. The zero-order valence-electron chi connectivity index (χ0n) is 12.5. The summed E-state index contributed by atoms with van der Waals surface area (Å²) in [6, 6.07) is 8.11. The van der Waals surface area contributed by atoms with Crippen molar-refractivity contribution in [2.45, 2.75) is 25.2 Å². The summed E-state index contributed by atoms with van der Waals surface area (Å²) in [6.45, 7) is 3.70. The fourth-order valence-corrected chi connectivity index (χ4v) is 3.74. The van der Waals surface area contributed by atoms with Gasteiger partial charge in [-0.2, -0.15) is 0 Å². The minimum Gasteiger partial charge on any atom is -0.477 e. The molecule has 1 aromatic rings. The van der Waals surface area contributed by atoms with Crippen molar-refractivity contribution in [3.05, 3.63) is 34.3 Å². The number of rotatable bonds is 4. The minimum absolute atomic E-state index is 0.145. The molecule has 0 aliphatic carbocycles. The number of carboxylic acids is 1. The molecule has 2 aliphatic heterocycles. The Labute approximate surface area is 138 Å². The maximum atomic E-state index is 11.3. The summed E-state index contributed by atoms with van der Waals surface area (Å²) in [4.78, 5) is 11.3. The van der Waals surface area contributed by atoms with Crippen LogP contribution in [0, 0.1) is 0 Å². The molecule has 0 unspecified atom stereocenters. The largest absolute Gasteiger partial charge is 0.477 e. The molecule has 0 bridgehead atoms. The molecule has 22 heavy (non-hydrogen) atoms. The van der Waals surface area contributed by atoms with Crippen molar-refractivity contribution >= 4 is 21.9 Å².